The van der Waals surface area contributed by atoms with Crippen molar-refractivity contribution in [3.8, 4) is 0 Å². The van der Waals surface area contributed by atoms with Crippen molar-refractivity contribution >= 4 is 5.69 Å². The maximum atomic E-state index is 8.91. The average molecular weight is 209 g/mol. The van der Waals surface area contributed by atoms with Gasteiger partial charge in [-0.1, -0.05) is 6.92 Å². The van der Waals surface area contributed by atoms with Crippen LogP contribution >= 0.6 is 0 Å². The Hall–Kier alpha value is -1.13. The molecule has 0 bridgehead atoms. The molecule has 0 aliphatic rings. The van der Waals surface area contributed by atoms with Gasteiger partial charge in [-0.3, -0.25) is 9.88 Å². The van der Waals surface area contributed by atoms with Gasteiger partial charge in [0, 0.05) is 25.0 Å². The molecule has 1 aromatic heterocycles. The summed E-state index contributed by atoms with van der Waals surface area (Å²) in [6.45, 7) is 4.71. The van der Waals surface area contributed by atoms with Gasteiger partial charge in [0.2, 0.25) is 0 Å². The van der Waals surface area contributed by atoms with Crippen LogP contribution in [0.15, 0.2) is 18.3 Å². The van der Waals surface area contributed by atoms with Gasteiger partial charge in [-0.2, -0.15) is 0 Å². The summed E-state index contributed by atoms with van der Waals surface area (Å²) >= 11 is 0. The first-order chi connectivity index (χ1) is 7.26. The topological polar surface area (TPSA) is 62.4 Å². The number of anilines is 1. The highest BCUT2D eigenvalue weighted by Crippen LogP contribution is 2.06. The van der Waals surface area contributed by atoms with Crippen molar-refractivity contribution < 1.29 is 5.11 Å². The van der Waals surface area contributed by atoms with Crippen LogP contribution in [0.25, 0.3) is 0 Å². The van der Waals surface area contributed by atoms with Crippen LogP contribution in [0.1, 0.15) is 19.0 Å². The zero-order valence-corrected chi connectivity index (χ0v) is 9.19. The lowest BCUT2D eigenvalue weighted by atomic mass is 10.3. The molecule has 1 aromatic rings. The van der Waals surface area contributed by atoms with E-state index in [4.69, 9.17) is 10.8 Å². The molecule has 0 aromatic carbocycles. The normalized spacial score (nSPS) is 10.9. The van der Waals surface area contributed by atoms with Crippen LogP contribution in [-0.2, 0) is 6.54 Å². The molecule has 15 heavy (non-hydrogen) atoms. The fourth-order valence-corrected chi connectivity index (χ4v) is 1.54. The summed E-state index contributed by atoms with van der Waals surface area (Å²) in [6.07, 6.45) is 2.79. The number of hydrogen-bond donors (Lipinski definition) is 2. The van der Waals surface area contributed by atoms with E-state index in [1.807, 2.05) is 6.07 Å². The Kier molecular flexibility index (Phi) is 5.07. The predicted octanol–water partition coefficient (Wildman–Crippen LogP) is 0.868. The lowest BCUT2D eigenvalue weighted by molar-refractivity contribution is 0.189. The lowest BCUT2D eigenvalue weighted by Crippen LogP contribution is -2.27. The first kappa shape index (κ1) is 11.9. The van der Waals surface area contributed by atoms with Crippen molar-refractivity contribution in [2.45, 2.75) is 19.9 Å². The highest BCUT2D eigenvalue weighted by molar-refractivity contribution is 5.37. The molecule has 3 N–H and O–H groups in total. The number of aliphatic hydroxyl groups excluding tert-OH is 1. The van der Waals surface area contributed by atoms with Gasteiger partial charge in [-0.25, -0.2) is 0 Å². The molecule has 0 aliphatic heterocycles. The van der Waals surface area contributed by atoms with Crippen molar-refractivity contribution in [1.29, 1.82) is 0 Å². The van der Waals surface area contributed by atoms with Crippen LogP contribution in [0.2, 0.25) is 0 Å². The van der Waals surface area contributed by atoms with Gasteiger partial charge in [0.25, 0.3) is 0 Å². The van der Waals surface area contributed by atoms with Crippen LogP contribution in [0.5, 0.6) is 0 Å². The van der Waals surface area contributed by atoms with Gasteiger partial charge in [-0.15, -0.1) is 0 Å². The fraction of sp³-hybridized carbons (Fsp3) is 0.545. The van der Waals surface area contributed by atoms with E-state index in [0.29, 0.717) is 6.54 Å². The minimum atomic E-state index is 0.183. The number of aliphatic hydroxyl groups is 1. The van der Waals surface area contributed by atoms with Crippen molar-refractivity contribution in [3.63, 3.8) is 0 Å². The van der Waals surface area contributed by atoms with Gasteiger partial charge in [-0.05, 0) is 25.1 Å². The molecule has 1 heterocycles. The summed E-state index contributed by atoms with van der Waals surface area (Å²) in [5.41, 5.74) is 7.37. The molecule has 1 rings (SSSR count). The monoisotopic (exact) mass is 209 g/mol. The standard InChI is InChI=1S/C11H19N3O/c1-2-5-14(6-7-15)9-11-8-10(12)3-4-13-11/h3-4,8,15H,2,5-7,9H2,1H3,(H2,12,13). The quantitative estimate of drug-likeness (QED) is 0.729. The second-order valence-electron chi connectivity index (χ2n) is 3.58. The Morgan fingerprint density at radius 2 is 2.27 bits per heavy atom. The first-order valence-corrected chi connectivity index (χ1v) is 5.30. The fourth-order valence-electron chi connectivity index (χ4n) is 1.54. The molecule has 4 heteroatoms. The summed E-state index contributed by atoms with van der Waals surface area (Å²) in [4.78, 5) is 6.41. The first-order valence-electron chi connectivity index (χ1n) is 5.30. The van der Waals surface area contributed by atoms with E-state index in [2.05, 4.69) is 16.8 Å². The average Bonchev–Trinajstić information content (AvgIpc) is 2.18. The smallest absolute Gasteiger partial charge is 0.0564 e. The van der Waals surface area contributed by atoms with E-state index in [9.17, 15) is 0 Å². The molecule has 0 fully saturated rings. The predicted molar refractivity (Wildman–Crippen MR) is 61.3 cm³/mol. The van der Waals surface area contributed by atoms with Crippen LogP contribution in [-0.4, -0.2) is 34.7 Å². The molecule has 0 saturated heterocycles. The molecule has 0 amide bonds. The number of hydrogen-bond acceptors (Lipinski definition) is 4. The Morgan fingerprint density at radius 3 is 2.87 bits per heavy atom. The van der Waals surface area contributed by atoms with E-state index in [1.54, 1.807) is 12.3 Å². The molecule has 0 radical (unpaired) electrons. The second-order valence-corrected chi connectivity index (χ2v) is 3.58. The SMILES string of the molecule is CCCN(CCO)Cc1cc(N)ccn1. The van der Waals surface area contributed by atoms with Gasteiger partial charge in [0.05, 0.1) is 12.3 Å². The largest absolute Gasteiger partial charge is 0.399 e. The maximum Gasteiger partial charge on any atom is 0.0564 e. The lowest BCUT2D eigenvalue weighted by Gasteiger charge is -2.19. The van der Waals surface area contributed by atoms with Crippen molar-refractivity contribution in [1.82, 2.24) is 9.88 Å². The van der Waals surface area contributed by atoms with Crippen molar-refractivity contribution in [3.05, 3.63) is 24.0 Å². The Labute approximate surface area is 90.7 Å². The van der Waals surface area contributed by atoms with E-state index in [1.165, 1.54) is 0 Å². The zero-order chi connectivity index (χ0) is 11.1. The number of nitrogens with zero attached hydrogens (tertiary/aromatic N) is 2. The number of nitrogens with two attached hydrogens (primary N) is 1. The van der Waals surface area contributed by atoms with Crippen molar-refractivity contribution in [2.24, 2.45) is 0 Å². The van der Waals surface area contributed by atoms with Crippen LogP contribution in [0.4, 0.5) is 5.69 Å². The minimum Gasteiger partial charge on any atom is -0.399 e. The number of rotatable bonds is 6. The molecule has 0 spiro atoms. The summed E-state index contributed by atoms with van der Waals surface area (Å²) < 4.78 is 0. The molecular formula is C11H19N3O. The summed E-state index contributed by atoms with van der Waals surface area (Å²) in [5, 5.41) is 8.91. The van der Waals surface area contributed by atoms with Gasteiger partial charge >= 0.3 is 0 Å². The van der Waals surface area contributed by atoms with Crippen LogP contribution in [0, 0.1) is 0 Å². The molecular weight excluding hydrogens is 190 g/mol. The highest BCUT2D eigenvalue weighted by Gasteiger charge is 2.05. The zero-order valence-electron chi connectivity index (χ0n) is 9.19. The number of aromatic nitrogens is 1. The third-order valence-corrected chi connectivity index (χ3v) is 2.18. The second kappa shape index (κ2) is 6.37. The van der Waals surface area contributed by atoms with E-state index >= 15 is 0 Å². The minimum absolute atomic E-state index is 0.183. The Balaban J connectivity index is 2.56. The van der Waals surface area contributed by atoms with E-state index in [-0.39, 0.29) is 6.61 Å². The van der Waals surface area contributed by atoms with Gasteiger partial charge in [0.15, 0.2) is 0 Å². The van der Waals surface area contributed by atoms with Crippen LogP contribution in [0.3, 0.4) is 0 Å². The molecule has 4 nitrogen and oxygen atoms in total. The van der Waals surface area contributed by atoms with E-state index < -0.39 is 0 Å². The van der Waals surface area contributed by atoms with Crippen molar-refractivity contribution in [2.75, 3.05) is 25.4 Å². The summed E-state index contributed by atoms with van der Waals surface area (Å²) in [6, 6.07) is 3.65. The number of pyridine rings is 1. The Bertz CT molecular complexity index is 285. The molecule has 0 aliphatic carbocycles. The molecule has 84 valence electrons. The highest BCUT2D eigenvalue weighted by atomic mass is 16.3. The van der Waals surface area contributed by atoms with Gasteiger partial charge in [0.1, 0.15) is 0 Å². The summed E-state index contributed by atoms with van der Waals surface area (Å²) in [7, 11) is 0. The molecule has 0 saturated carbocycles. The molecule has 0 unspecified atom stereocenters. The third-order valence-electron chi connectivity index (χ3n) is 2.18. The third kappa shape index (κ3) is 4.27. The maximum absolute atomic E-state index is 8.91. The number of nitrogen functional groups attached to an aromatic ring is 1. The van der Waals surface area contributed by atoms with Gasteiger partial charge < -0.3 is 10.8 Å². The Morgan fingerprint density at radius 1 is 1.47 bits per heavy atom. The molecule has 0 atom stereocenters. The van der Waals surface area contributed by atoms with E-state index in [0.717, 1.165) is 30.9 Å². The summed E-state index contributed by atoms with van der Waals surface area (Å²) in [5.74, 6) is 0. The van der Waals surface area contributed by atoms with Crippen LogP contribution < -0.4 is 5.73 Å².